The highest BCUT2D eigenvalue weighted by Crippen LogP contribution is 2.33. The van der Waals surface area contributed by atoms with E-state index in [1.54, 1.807) is 30.6 Å². The normalized spacial score (nSPS) is 12.2. The van der Waals surface area contributed by atoms with E-state index in [1.807, 2.05) is 50.2 Å². The molecule has 4 rings (SSSR count). The van der Waals surface area contributed by atoms with Gasteiger partial charge in [0.25, 0.3) is 5.56 Å². The van der Waals surface area contributed by atoms with Crippen LogP contribution in [-0.4, -0.2) is 22.8 Å². The minimum absolute atomic E-state index is 0.245. The number of nitrogens with one attached hydrogen (secondary N) is 1. The third-order valence-corrected chi connectivity index (χ3v) is 6.23. The molecule has 0 saturated carbocycles. The van der Waals surface area contributed by atoms with Crippen molar-refractivity contribution in [3.8, 4) is 5.75 Å². The summed E-state index contributed by atoms with van der Waals surface area (Å²) in [4.78, 5) is 26.4. The molecular weight excluding hydrogens is 386 g/mol. The number of thiophene rings is 1. The molecule has 4 aromatic rings. The maximum atomic E-state index is 13.3. The van der Waals surface area contributed by atoms with Crippen LogP contribution >= 0.6 is 11.3 Å². The van der Waals surface area contributed by atoms with Gasteiger partial charge in [-0.15, -0.1) is 11.3 Å². The molecule has 7 heteroatoms. The molecule has 1 atom stereocenters. The quantitative estimate of drug-likeness (QED) is 0.528. The summed E-state index contributed by atoms with van der Waals surface area (Å²) in [5.41, 5.74) is 1.06. The van der Waals surface area contributed by atoms with Crippen molar-refractivity contribution >= 4 is 43.1 Å². The lowest BCUT2D eigenvalue weighted by atomic mass is 10.1. The minimum atomic E-state index is -0.728. The van der Waals surface area contributed by atoms with Crippen LogP contribution in [0.15, 0.2) is 53.3 Å². The third-order valence-electron chi connectivity index (χ3n) is 4.95. The number of amides is 1. The van der Waals surface area contributed by atoms with E-state index in [0.29, 0.717) is 23.2 Å². The van der Waals surface area contributed by atoms with E-state index in [0.717, 1.165) is 20.5 Å². The fourth-order valence-corrected chi connectivity index (χ4v) is 4.66. The number of rotatable bonds is 5. The van der Waals surface area contributed by atoms with Crippen molar-refractivity contribution in [2.45, 2.75) is 26.3 Å². The summed E-state index contributed by atoms with van der Waals surface area (Å²) >= 11 is 1.55. The highest BCUT2D eigenvalue weighted by atomic mass is 32.1. The average Bonchev–Trinajstić information content (AvgIpc) is 3.13. The molecule has 0 aliphatic rings. The van der Waals surface area contributed by atoms with Gasteiger partial charge in [0.05, 0.1) is 28.6 Å². The number of fused-ring (bicyclic) bond motifs is 3. The zero-order valence-corrected chi connectivity index (χ0v) is 17.2. The molecule has 2 heterocycles. The van der Waals surface area contributed by atoms with Gasteiger partial charge in [0.2, 0.25) is 5.91 Å². The number of para-hydroxylation sites is 2. The first-order valence-electron chi connectivity index (χ1n) is 9.39. The molecule has 0 unspecified atom stereocenters. The van der Waals surface area contributed by atoms with Gasteiger partial charge in [-0.3, -0.25) is 9.59 Å². The molecule has 0 saturated heterocycles. The standard InChI is InChI=1S/C22H21N3O3S/c1-4-16(21(26)23-15-10-6-7-11-17(15)28-3)25-22(27)19-14-9-5-8-12-18(14)29-20(19)13(2)24-25/h5-12,16H,4H2,1-3H3,(H,23,26)/t16-/m1/s1. The lowest BCUT2D eigenvalue weighted by Crippen LogP contribution is -2.35. The van der Waals surface area contributed by atoms with Crippen molar-refractivity contribution in [3.63, 3.8) is 0 Å². The van der Waals surface area contributed by atoms with Crippen LogP contribution in [0.2, 0.25) is 0 Å². The van der Waals surface area contributed by atoms with Crippen LogP contribution < -0.4 is 15.6 Å². The monoisotopic (exact) mass is 407 g/mol. The Balaban J connectivity index is 1.81. The molecule has 1 amide bonds. The van der Waals surface area contributed by atoms with E-state index in [2.05, 4.69) is 10.4 Å². The molecule has 2 aromatic heterocycles. The first-order valence-corrected chi connectivity index (χ1v) is 10.2. The number of benzene rings is 2. The Morgan fingerprint density at radius 2 is 1.93 bits per heavy atom. The van der Waals surface area contributed by atoms with Crippen molar-refractivity contribution in [1.82, 2.24) is 9.78 Å². The number of anilines is 1. The SMILES string of the molecule is CC[C@H](C(=O)Nc1ccccc1OC)n1nc(C)c2sc3ccccc3c2c1=O. The van der Waals surface area contributed by atoms with Gasteiger partial charge in [0, 0.05) is 10.1 Å². The predicted octanol–water partition coefficient (Wildman–Crippen LogP) is 4.52. The summed E-state index contributed by atoms with van der Waals surface area (Å²) in [7, 11) is 1.55. The molecule has 0 bridgehead atoms. The number of hydrogen-bond donors (Lipinski definition) is 1. The predicted molar refractivity (Wildman–Crippen MR) is 117 cm³/mol. The summed E-state index contributed by atoms with van der Waals surface area (Å²) in [5, 5.41) is 8.90. The fraction of sp³-hybridized carbons (Fsp3) is 0.227. The summed E-state index contributed by atoms with van der Waals surface area (Å²) in [5.74, 6) is 0.261. The maximum Gasteiger partial charge on any atom is 0.276 e. The molecule has 0 spiro atoms. The van der Waals surface area contributed by atoms with Crippen LogP contribution in [0.3, 0.4) is 0 Å². The molecule has 6 nitrogen and oxygen atoms in total. The zero-order chi connectivity index (χ0) is 20.5. The Morgan fingerprint density at radius 3 is 2.69 bits per heavy atom. The van der Waals surface area contributed by atoms with Crippen molar-refractivity contribution in [1.29, 1.82) is 0 Å². The summed E-state index contributed by atoms with van der Waals surface area (Å²) in [6.07, 6.45) is 0.431. The van der Waals surface area contributed by atoms with Crippen LogP contribution in [-0.2, 0) is 4.79 Å². The topological polar surface area (TPSA) is 73.2 Å². The van der Waals surface area contributed by atoms with Crippen LogP contribution in [0.5, 0.6) is 5.75 Å². The Bertz CT molecular complexity index is 1280. The summed E-state index contributed by atoms with van der Waals surface area (Å²) in [6, 6.07) is 14.3. The average molecular weight is 407 g/mol. The Labute approximate surface area is 171 Å². The third kappa shape index (κ3) is 3.27. The summed E-state index contributed by atoms with van der Waals surface area (Å²) in [6.45, 7) is 3.74. The smallest absolute Gasteiger partial charge is 0.276 e. The molecule has 0 aliphatic heterocycles. The van der Waals surface area contributed by atoms with Crippen molar-refractivity contribution in [3.05, 3.63) is 64.6 Å². The molecule has 2 aromatic carbocycles. The van der Waals surface area contributed by atoms with Crippen LogP contribution in [0.4, 0.5) is 5.69 Å². The molecule has 0 aliphatic carbocycles. The molecule has 148 valence electrons. The number of hydrogen-bond acceptors (Lipinski definition) is 5. The zero-order valence-electron chi connectivity index (χ0n) is 16.4. The van der Waals surface area contributed by atoms with E-state index in [-0.39, 0.29) is 11.5 Å². The fourth-order valence-electron chi connectivity index (χ4n) is 3.52. The second-order valence-corrected chi connectivity index (χ2v) is 7.80. The van der Waals surface area contributed by atoms with Crippen LogP contribution in [0.1, 0.15) is 25.1 Å². The van der Waals surface area contributed by atoms with Crippen molar-refractivity contribution in [2.75, 3.05) is 12.4 Å². The number of nitrogens with zero attached hydrogens (tertiary/aromatic N) is 2. The van der Waals surface area contributed by atoms with E-state index < -0.39 is 6.04 Å². The number of ether oxygens (including phenoxy) is 1. The van der Waals surface area contributed by atoms with Gasteiger partial charge in [-0.05, 0) is 31.5 Å². The maximum absolute atomic E-state index is 13.3. The number of methoxy groups -OCH3 is 1. The van der Waals surface area contributed by atoms with E-state index in [4.69, 9.17) is 4.74 Å². The minimum Gasteiger partial charge on any atom is -0.495 e. The van der Waals surface area contributed by atoms with Gasteiger partial charge in [-0.1, -0.05) is 37.3 Å². The number of aryl methyl sites for hydroxylation is 1. The Kier molecular flexibility index (Phi) is 5.07. The van der Waals surface area contributed by atoms with Crippen molar-refractivity contribution in [2.24, 2.45) is 0 Å². The summed E-state index contributed by atoms with van der Waals surface area (Å²) < 4.78 is 8.53. The van der Waals surface area contributed by atoms with E-state index in [9.17, 15) is 9.59 Å². The van der Waals surface area contributed by atoms with Gasteiger partial charge >= 0.3 is 0 Å². The Hall–Kier alpha value is -3.19. The van der Waals surface area contributed by atoms with Crippen LogP contribution in [0, 0.1) is 6.92 Å². The molecule has 0 radical (unpaired) electrons. The van der Waals surface area contributed by atoms with E-state index >= 15 is 0 Å². The highest BCUT2D eigenvalue weighted by molar-refractivity contribution is 7.26. The number of carbonyl (C=O) groups excluding carboxylic acids is 1. The van der Waals surface area contributed by atoms with Gasteiger partial charge in [0.15, 0.2) is 0 Å². The first kappa shape index (κ1) is 19.1. The number of aromatic nitrogens is 2. The Morgan fingerprint density at radius 1 is 1.21 bits per heavy atom. The van der Waals surface area contributed by atoms with Gasteiger partial charge in [-0.25, -0.2) is 4.68 Å². The first-order chi connectivity index (χ1) is 14.0. The second kappa shape index (κ2) is 7.67. The molecule has 1 N–H and O–H groups in total. The van der Waals surface area contributed by atoms with Gasteiger partial charge in [-0.2, -0.15) is 5.10 Å². The molecule has 29 heavy (non-hydrogen) atoms. The molecule has 0 fully saturated rings. The van der Waals surface area contributed by atoms with Gasteiger partial charge in [0.1, 0.15) is 11.8 Å². The highest BCUT2D eigenvalue weighted by Gasteiger charge is 2.25. The van der Waals surface area contributed by atoms with Crippen molar-refractivity contribution < 1.29 is 9.53 Å². The lowest BCUT2D eigenvalue weighted by molar-refractivity contribution is -0.119. The van der Waals surface area contributed by atoms with Gasteiger partial charge < -0.3 is 10.1 Å². The lowest BCUT2D eigenvalue weighted by Gasteiger charge is -2.18. The number of carbonyl (C=O) groups is 1. The van der Waals surface area contributed by atoms with E-state index in [1.165, 1.54) is 4.68 Å². The molecular formula is C22H21N3O3S. The van der Waals surface area contributed by atoms with Crippen LogP contribution in [0.25, 0.3) is 20.2 Å². The second-order valence-electron chi connectivity index (χ2n) is 6.75. The largest absolute Gasteiger partial charge is 0.495 e.